The third-order valence-electron chi connectivity index (χ3n) is 3.89. The minimum Gasteiger partial charge on any atom is -0.494 e. The third-order valence-corrected chi connectivity index (χ3v) is 3.89. The van der Waals surface area contributed by atoms with Gasteiger partial charge in [-0.25, -0.2) is 14.2 Å². The largest absolute Gasteiger partial charge is 0.494 e. The van der Waals surface area contributed by atoms with E-state index < -0.39 is 5.82 Å². The summed E-state index contributed by atoms with van der Waals surface area (Å²) in [5, 5.41) is 0. The van der Waals surface area contributed by atoms with Gasteiger partial charge in [-0.2, -0.15) is 0 Å². The van der Waals surface area contributed by atoms with E-state index in [0.29, 0.717) is 17.9 Å². The molecule has 23 heavy (non-hydrogen) atoms. The summed E-state index contributed by atoms with van der Waals surface area (Å²) in [5.74, 6) is -0.305. The predicted molar refractivity (Wildman–Crippen MR) is 81.7 cm³/mol. The number of carbonyl (C=O) groups is 1. The number of amides is 1. The number of hydrogen-bond acceptors (Lipinski definition) is 4. The van der Waals surface area contributed by atoms with E-state index in [1.165, 1.54) is 24.1 Å². The molecule has 6 nitrogen and oxygen atoms in total. The summed E-state index contributed by atoms with van der Waals surface area (Å²) in [6, 6.07) is 4.25. The number of imidazole rings is 1. The van der Waals surface area contributed by atoms with E-state index in [9.17, 15) is 9.18 Å². The molecule has 1 aromatic carbocycles. The lowest BCUT2D eigenvalue weighted by molar-refractivity contribution is 0.140. The Labute approximate surface area is 133 Å². The van der Waals surface area contributed by atoms with E-state index in [-0.39, 0.29) is 24.1 Å². The average molecular weight is 319 g/mol. The summed E-state index contributed by atoms with van der Waals surface area (Å²) >= 11 is 0. The number of rotatable bonds is 2. The average Bonchev–Trinajstić information content (AvgIpc) is 3.13. The Morgan fingerprint density at radius 3 is 2.87 bits per heavy atom. The Hall–Kier alpha value is -2.41. The fourth-order valence-corrected chi connectivity index (χ4v) is 2.49. The minimum atomic E-state index is -0.442. The summed E-state index contributed by atoms with van der Waals surface area (Å²) in [6.45, 7) is 4.64. The van der Waals surface area contributed by atoms with E-state index in [4.69, 9.17) is 9.47 Å². The van der Waals surface area contributed by atoms with Gasteiger partial charge in [0, 0.05) is 11.8 Å². The van der Waals surface area contributed by atoms with Crippen molar-refractivity contribution in [2.24, 2.45) is 0 Å². The molecule has 0 aliphatic carbocycles. The van der Waals surface area contributed by atoms with Gasteiger partial charge in [-0.15, -0.1) is 0 Å². The summed E-state index contributed by atoms with van der Waals surface area (Å²) < 4.78 is 25.2. The van der Waals surface area contributed by atoms with E-state index >= 15 is 0 Å². The Kier molecular flexibility index (Phi) is 3.81. The molecular weight excluding hydrogens is 301 g/mol. The lowest BCUT2D eigenvalue weighted by atomic mass is 10.1. The minimum absolute atomic E-state index is 0.137. The van der Waals surface area contributed by atoms with Crippen molar-refractivity contribution in [3.63, 3.8) is 0 Å². The number of carbonyl (C=O) groups excluding carboxylic acids is 1. The molecule has 0 spiro atoms. The van der Waals surface area contributed by atoms with Crippen molar-refractivity contribution < 1.29 is 18.7 Å². The summed E-state index contributed by atoms with van der Waals surface area (Å²) in [7, 11) is 1.40. The van der Waals surface area contributed by atoms with Crippen LogP contribution in [-0.4, -0.2) is 46.5 Å². The van der Waals surface area contributed by atoms with E-state index in [2.05, 4.69) is 4.98 Å². The fraction of sp³-hybridized carbons (Fsp3) is 0.375. The van der Waals surface area contributed by atoms with Gasteiger partial charge in [-0.3, -0.25) is 9.47 Å². The molecule has 0 radical (unpaired) electrons. The van der Waals surface area contributed by atoms with Crippen LogP contribution in [0.5, 0.6) is 5.75 Å². The number of halogens is 1. The first-order valence-electron chi connectivity index (χ1n) is 7.20. The first-order chi connectivity index (χ1) is 10.9. The SMILES string of the molecule is COc1cc(-c2cn(C(=O)N3COCC3(C)C)cn2)ccc1F. The molecule has 3 rings (SSSR count). The van der Waals surface area contributed by atoms with Gasteiger partial charge in [0.2, 0.25) is 0 Å². The number of hydrogen-bond donors (Lipinski definition) is 0. The van der Waals surface area contributed by atoms with Crippen LogP contribution in [0.15, 0.2) is 30.7 Å². The molecule has 1 amide bonds. The highest BCUT2D eigenvalue weighted by molar-refractivity contribution is 5.79. The molecule has 0 saturated carbocycles. The zero-order valence-electron chi connectivity index (χ0n) is 13.2. The molecule has 0 bridgehead atoms. The second-order valence-corrected chi connectivity index (χ2v) is 6.02. The lowest BCUT2D eigenvalue weighted by Crippen LogP contribution is -2.45. The molecular formula is C16H18FN3O3. The lowest BCUT2D eigenvalue weighted by Gasteiger charge is -2.28. The van der Waals surface area contributed by atoms with Crippen molar-refractivity contribution in [2.75, 3.05) is 20.4 Å². The standard InChI is InChI=1S/C16H18FN3O3/c1-16(2)8-23-10-20(16)15(21)19-7-13(18-9-19)11-4-5-12(17)14(6-11)22-3/h4-7,9H,8,10H2,1-3H3. The van der Waals surface area contributed by atoms with Crippen molar-refractivity contribution >= 4 is 6.03 Å². The number of nitrogens with zero attached hydrogens (tertiary/aromatic N) is 3. The maximum absolute atomic E-state index is 13.5. The normalized spacial score (nSPS) is 16.6. The quantitative estimate of drug-likeness (QED) is 0.854. The molecule has 0 N–H and O–H groups in total. The summed E-state index contributed by atoms with van der Waals surface area (Å²) in [4.78, 5) is 18.4. The van der Waals surface area contributed by atoms with Crippen LogP contribution in [0.3, 0.4) is 0 Å². The maximum atomic E-state index is 13.5. The molecule has 2 aromatic rings. The van der Waals surface area contributed by atoms with Crippen LogP contribution < -0.4 is 4.74 Å². The van der Waals surface area contributed by atoms with Crippen LogP contribution in [0, 0.1) is 5.82 Å². The van der Waals surface area contributed by atoms with Crippen LogP contribution in [0.2, 0.25) is 0 Å². The van der Waals surface area contributed by atoms with Gasteiger partial charge < -0.3 is 9.47 Å². The van der Waals surface area contributed by atoms with Crippen molar-refractivity contribution in [2.45, 2.75) is 19.4 Å². The molecule has 0 unspecified atom stereocenters. The van der Waals surface area contributed by atoms with Crippen LogP contribution in [0.25, 0.3) is 11.3 Å². The highest BCUT2D eigenvalue weighted by Crippen LogP contribution is 2.26. The Bertz CT molecular complexity index is 742. The molecule has 122 valence electrons. The van der Waals surface area contributed by atoms with Gasteiger partial charge >= 0.3 is 6.03 Å². The van der Waals surface area contributed by atoms with Gasteiger partial charge in [-0.05, 0) is 32.0 Å². The van der Waals surface area contributed by atoms with Crippen LogP contribution in [0.4, 0.5) is 9.18 Å². The molecule has 1 aromatic heterocycles. The highest BCUT2D eigenvalue weighted by Gasteiger charge is 2.37. The molecule has 1 saturated heterocycles. The van der Waals surface area contributed by atoms with E-state index in [0.717, 1.165) is 0 Å². The topological polar surface area (TPSA) is 56.6 Å². The smallest absolute Gasteiger partial charge is 0.331 e. The second kappa shape index (κ2) is 5.66. The fourth-order valence-electron chi connectivity index (χ4n) is 2.49. The van der Waals surface area contributed by atoms with E-state index in [1.807, 2.05) is 13.8 Å². The molecule has 7 heteroatoms. The van der Waals surface area contributed by atoms with Gasteiger partial charge in [0.1, 0.15) is 13.1 Å². The van der Waals surface area contributed by atoms with Crippen molar-refractivity contribution in [1.29, 1.82) is 0 Å². The highest BCUT2D eigenvalue weighted by atomic mass is 19.1. The zero-order valence-corrected chi connectivity index (χ0v) is 13.2. The first kappa shape index (κ1) is 15.5. The summed E-state index contributed by atoms with van der Waals surface area (Å²) in [6.07, 6.45) is 3.06. The maximum Gasteiger partial charge on any atom is 0.331 e. The molecule has 1 aliphatic heterocycles. The van der Waals surface area contributed by atoms with Gasteiger partial charge in [-0.1, -0.05) is 0 Å². The zero-order chi connectivity index (χ0) is 16.6. The number of ether oxygens (including phenoxy) is 2. The molecule has 0 atom stereocenters. The Balaban J connectivity index is 1.87. The monoisotopic (exact) mass is 319 g/mol. The van der Waals surface area contributed by atoms with E-state index in [1.54, 1.807) is 23.2 Å². The van der Waals surface area contributed by atoms with Gasteiger partial charge in [0.05, 0.1) is 24.9 Å². The third kappa shape index (κ3) is 2.79. The van der Waals surface area contributed by atoms with Gasteiger partial charge in [0.15, 0.2) is 11.6 Å². The molecule has 1 aliphatic rings. The first-order valence-corrected chi connectivity index (χ1v) is 7.20. The predicted octanol–water partition coefficient (Wildman–Crippen LogP) is 2.73. The molecule has 2 heterocycles. The van der Waals surface area contributed by atoms with Crippen LogP contribution >= 0.6 is 0 Å². The summed E-state index contributed by atoms with van der Waals surface area (Å²) in [5.41, 5.74) is 0.877. The Morgan fingerprint density at radius 2 is 2.22 bits per heavy atom. The molecule has 1 fully saturated rings. The van der Waals surface area contributed by atoms with Crippen molar-refractivity contribution in [1.82, 2.24) is 14.5 Å². The van der Waals surface area contributed by atoms with Gasteiger partial charge in [0.25, 0.3) is 0 Å². The van der Waals surface area contributed by atoms with Crippen molar-refractivity contribution in [3.8, 4) is 17.0 Å². The van der Waals surface area contributed by atoms with Crippen molar-refractivity contribution in [3.05, 3.63) is 36.5 Å². The number of methoxy groups -OCH3 is 1. The van der Waals surface area contributed by atoms with Crippen LogP contribution in [-0.2, 0) is 4.74 Å². The number of benzene rings is 1. The van der Waals surface area contributed by atoms with Crippen LogP contribution in [0.1, 0.15) is 13.8 Å². The number of aromatic nitrogens is 2. The second-order valence-electron chi connectivity index (χ2n) is 6.02. The Morgan fingerprint density at radius 1 is 1.43 bits per heavy atom.